The van der Waals surface area contributed by atoms with Gasteiger partial charge in [-0.15, -0.1) is 0 Å². The first kappa shape index (κ1) is 19.8. The van der Waals surface area contributed by atoms with Crippen molar-refractivity contribution in [2.24, 2.45) is 0 Å². The average molecular weight is 374 g/mol. The van der Waals surface area contributed by atoms with Crippen LogP contribution in [0.3, 0.4) is 0 Å². The maximum atomic E-state index is 13.1. The van der Waals surface area contributed by atoms with Crippen molar-refractivity contribution >= 4 is 23.8 Å². The highest BCUT2D eigenvalue weighted by Crippen LogP contribution is 2.22. The van der Waals surface area contributed by atoms with Gasteiger partial charge >= 0.3 is 0 Å². The molecule has 4 nitrogen and oxygen atoms in total. The number of hydrogen-bond donors (Lipinski definition) is 1. The van der Waals surface area contributed by atoms with Crippen LogP contribution in [0.25, 0.3) is 12.2 Å². The summed E-state index contributed by atoms with van der Waals surface area (Å²) < 4.78 is 0. The Labute approximate surface area is 166 Å². The van der Waals surface area contributed by atoms with Crippen LogP contribution in [0.5, 0.6) is 0 Å². The van der Waals surface area contributed by atoms with Crippen LogP contribution in [-0.2, 0) is 9.59 Å². The average Bonchev–Trinajstić information content (AvgIpc) is 2.72. The van der Waals surface area contributed by atoms with Crippen LogP contribution in [0.4, 0.5) is 0 Å². The quantitative estimate of drug-likeness (QED) is 0.621. The van der Waals surface area contributed by atoms with E-state index in [-0.39, 0.29) is 11.7 Å². The van der Waals surface area contributed by atoms with Gasteiger partial charge in [-0.05, 0) is 29.8 Å². The van der Waals surface area contributed by atoms with Gasteiger partial charge in [0.2, 0.25) is 5.91 Å². The lowest BCUT2D eigenvalue weighted by molar-refractivity contribution is -0.131. The van der Waals surface area contributed by atoms with E-state index in [1.165, 1.54) is 0 Å². The molecule has 1 saturated heterocycles. The smallest absolute Gasteiger partial charge is 0.224 e. The van der Waals surface area contributed by atoms with E-state index in [2.05, 4.69) is 5.32 Å². The van der Waals surface area contributed by atoms with Crippen molar-refractivity contribution in [3.63, 3.8) is 0 Å². The molecule has 0 bridgehead atoms. The standard InChI is InChI=1S/C24H26N2O2/c1-2-25-14-13-23(27)26-17-21(15-19-9-5-3-6-10-19)24(28)22(18-26)16-20-11-7-4-8-12-20/h3-12,15-16,25H,2,13-14,17-18H2,1H3/b21-15+,22-16+. The van der Waals surface area contributed by atoms with Gasteiger partial charge in [0.1, 0.15) is 0 Å². The Kier molecular flexibility index (Phi) is 6.93. The second-order valence-electron chi connectivity index (χ2n) is 6.84. The van der Waals surface area contributed by atoms with Crippen molar-refractivity contribution in [3.05, 3.63) is 82.9 Å². The molecule has 1 heterocycles. The minimum atomic E-state index is 0.0171. The molecule has 1 aliphatic rings. The third-order valence-electron chi connectivity index (χ3n) is 4.71. The number of hydrogen-bond acceptors (Lipinski definition) is 3. The van der Waals surface area contributed by atoms with Crippen molar-refractivity contribution in [1.29, 1.82) is 0 Å². The number of nitrogens with one attached hydrogen (secondary N) is 1. The van der Waals surface area contributed by atoms with Crippen LogP contribution in [-0.4, -0.2) is 42.8 Å². The van der Waals surface area contributed by atoms with Crippen molar-refractivity contribution in [2.75, 3.05) is 26.2 Å². The molecule has 28 heavy (non-hydrogen) atoms. The predicted molar refractivity (Wildman–Crippen MR) is 114 cm³/mol. The topological polar surface area (TPSA) is 49.4 Å². The summed E-state index contributed by atoms with van der Waals surface area (Å²) in [5.74, 6) is 0.0785. The number of amides is 1. The minimum Gasteiger partial charge on any atom is -0.334 e. The fourth-order valence-electron chi connectivity index (χ4n) is 3.25. The molecular formula is C24H26N2O2. The molecule has 2 aromatic rings. The van der Waals surface area contributed by atoms with E-state index in [1.807, 2.05) is 79.7 Å². The van der Waals surface area contributed by atoms with E-state index in [1.54, 1.807) is 4.90 Å². The van der Waals surface area contributed by atoms with Gasteiger partial charge in [0.05, 0.1) is 0 Å². The number of likely N-dealkylation sites (tertiary alicyclic amines) is 1. The highest BCUT2D eigenvalue weighted by atomic mass is 16.2. The number of nitrogens with zero attached hydrogens (tertiary/aromatic N) is 1. The molecule has 1 fully saturated rings. The van der Waals surface area contributed by atoms with E-state index in [4.69, 9.17) is 0 Å². The lowest BCUT2D eigenvalue weighted by Crippen LogP contribution is -2.42. The molecule has 144 valence electrons. The molecule has 0 aliphatic carbocycles. The van der Waals surface area contributed by atoms with Crippen LogP contribution < -0.4 is 5.32 Å². The molecule has 0 unspecified atom stereocenters. The van der Waals surface area contributed by atoms with Crippen molar-refractivity contribution in [2.45, 2.75) is 13.3 Å². The summed E-state index contributed by atoms with van der Waals surface area (Å²) in [6, 6.07) is 19.5. The summed E-state index contributed by atoms with van der Waals surface area (Å²) in [7, 11) is 0. The van der Waals surface area contributed by atoms with Gasteiger partial charge < -0.3 is 10.2 Å². The van der Waals surface area contributed by atoms with Gasteiger partial charge in [-0.25, -0.2) is 0 Å². The van der Waals surface area contributed by atoms with Crippen LogP contribution in [0.15, 0.2) is 71.8 Å². The monoisotopic (exact) mass is 374 g/mol. The van der Waals surface area contributed by atoms with Gasteiger partial charge in [-0.2, -0.15) is 0 Å². The molecule has 0 aromatic heterocycles. The molecule has 1 N–H and O–H groups in total. The third-order valence-corrected chi connectivity index (χ3v) is 4.71. The zero-order valence-corrected chi connectivity index (χ0v) is 16.2. The number of Topliss-reactive ketones (excluding diaryl/α,β-unsaturated/α-hetero) is 1. The Hall–Kier alpha value is -2.98. The maximum absolute atomic E-state index is 13.1. The molecule has 0 radical (unpaired) electrons. The first-order valence-corrected chi connectivity index (χ1v) is 9.72. The van der Waals surface area contributed by atoms with Crippen molar-refractivity contribution in [3.8, 4) is 0 Å². The van der Waals surface area contributed by atoms with Gasteiger partial charge in [-0.3, -0.25) is 9.59 Å². The molecule has 1 amide bonds. The van der Waals surface area contributed by atoms with E-state index in [9.17, 15) is 9.59 Å². The number of carbonyl (C=O) groups is 2. The zero-order chi connectivity index (χ0) is 19.8. The third kappa shape index (κ3) is 5.27. The molecule has 2 aromatic carbocycles. The number of ketones is 1. The summed E-state index contributed by atoms with van der Waals surface area (Å²) in [5, 5.41) is 3.19. The van der Waals surface area contributed by atoms with Gasteiger partial charge in [0.15, 0.2) is 5.78 Å². The predicted octanol–water partition coefficient (Wildman–Crippen LogP) is 3.56. The number of rotatable bonds is 6. The van der Waals surface area contributed by atoms with Crippen molar-refractivity contribution < 1.29 is 9.59 Å². The molecule has 4 heteroatoms. The molecule has 1 aliphatic heterocycles. The van der Waals surface area contributed by atoms with E-state index in [0.717, 1.165) is 17.7 Å². The highest BCUT2D eigenvalue weighted by molar-refractivity contribution is 6.15. The van der Waals surface area contributed by atoms with Gasteiger partial charge in [-0.1, -0.05) is 67.6 Å². The first-order valence-electron chi connectivity index (χ1n) is 9.72. The Balaban J connectivity index is 1.89. The van der Waals surface area contributed by atoms with Crippen LogP contribution >= 0.6 is 0 Å². The Morgan fingerprint density at radius 1 is 0.929 bits per heavy atom. The number of benzene rings is 2. The number of piperidine rings is 1. The van der Waals surface area contributed by atoms with Crippen molar-refractivity contribution in [1.82, 2.24) is 10.2 Å². The van der Waals surface area contributed by atoms with Crippen LogP contribution in [0.1, 0.15) is 24.5 Å². The largest absolute Gasteiger partial charge is 0.334 e. The summed E-state index contributed by atoms with van der Waals surface area (Å²) in [6.07, 6.45) is 4.22. The highest BCUT2D eigenvalue weighted by Gasteiger charge is 2.28. The second-order valence-corrected chi connectivity index (χ2v) is 6.84. The molecule has 0 atom stereocenters. The maximum Gasteiger partial charge on any atom is 0.224 e. The molecular weight excluding hydrogens is 348 g/mol. The minimum absolute atomic E-state index is 0.0171. The summed E-state index contributed by atoms with van der Waals surface area (Å²) in [4.78, 5) is 27.6. The lowest BCUT2D eigenvalue weighted by atomic mass is 9.94. The molecule has 0 saturated carbocycles. The summed E-state index contributed by atoms with van der Waals surface area (Å²) in [6.45, 7) is 4.21. The Morgan fingerprint density at radius 2 is 1.43 bits per heavy atom. The first-order chi connectivity index (χ1) is 13.7. The zero-order valence-electron chi connectivity index (χ0n) is 16.2. The number of carbonyl (C=O) groups excluding carboxylic acids is 2. The normalized spacial score (nSPS) is 17.3. The van der Waals surface area contributed by atoms with E-state index >= 15 is 0 Å². The van der Waals surface area contributed by atoms with Crippen LogP contribution in [0.2, 0.25) is 0 Å². The fourth-order valence-corrected chi connectivity index (χ4v) is 3.25. The molecule has 3 rings (SSSR count). The van der Waals surface area contributed by atoms with Gasteiger partial charge in [0, 0.05) is 37.2 Å². The van der Waals surface area contributed by atoms with E-state index in [0.29, 0.717) is 37.2 Å². The Bertz CT molecular complexity index is 808. The van der Waals surface area contributed by atoms with Gasteiger partial charge in [0.25, 0.3) is 0 Å². The summed E-state index contributed by atoms with van der Waals surface area (Å²) >= 11 is 0. The Morgan fingerprint density at radius 3 is 1.89 bits per heavy atom. The fraction of sp³-hybridized carbons (Fsp3) is 0.250. The lowest BCUT2D eigenvalue weighted by Gasteiger charge is -2.30. The van der Waals surface area contributed by atoms with E-state index < -0.39 is 0 Å². The molecule has 0 spiro atoms. The summed E-state index contributed by atoms with van der Waals surface area (Å²) in [5.41, 5.74) is 3.23. The SMILES string of the molecule is CCNCCC(=O)N1C/C(=C\c2ccccc2)C(=O)/C(=C/c2ccccc2)C1. The van der Waals surface area contributed by atoms with Crippen LogP contribution in [0, 0.1) is 0 Å². The second kappa shape index (κ2) is 9.81.